The van der Waals surface area contributed by atoms with Crippen molar-refractivity contribution in [3.63, 3.8) is 0 Å². The zero-order valence-electron chi connectivity index (χ0n) is 24.4. The van der Waals surface area contributed by atoms with E-state index in [4.69, 9.17) is 25.5 Å². The number of anilines is 1. The van der Waals surface area contributed by atoms with Gasteiger partial charge in [0, 0.05) is 24.5 Å². The van der Waals surface area contributed by atoms with Crippen molar-refractivity contribution in [2.75, 3.05) is 25.0 Å². The van der Waals surface area contributed by atoms with Gasteiger partial charge in [-0.25, -0.2) is 23.2 Å². The summed E-state index contributed by atoms with van der Waals surface area (Å²) in [5.41, 5.74) is 5.10. The van der Waals surface area contributed by atoms with Gasteiger partial charge in [-0.1, -0.05) is 18.2 Å². The molecule has 0 spiro atoms. The van der Waals surface area contributed by atoms with Gasteiger partial charge >= 0.3 is 24.1 Å². The number of carbonyl (C=O) groups is 4. The third kappa shape index (κ3) is 16.0. The van der Waals surface area contributed by atoms with Gasteiger partial charge in [0.2, 0.25) is 16.0 Å². The fraction of sp³-hybridized carbons (Fsp3) is 0.259. The van der Waals surface area contributed by atoms with Crippen molar-refractivity contribution in [2.45, 2.75) is 30.1 Å². The van der Waals surface area contributed by atoms with Gasteiger partial charge in [0.25, 0.3) is 5.91 Å². The second kappa shape index (κ2) is 19.2. The van der Waals surface area contributed by atoms with E-state index in [0.29, 0.717) is 24.8 Å². The standard InChI is InChI=1S/C22H23N5O6S.C3H7NO2.C2HF3O2/c28-20(26-15-19(21(29)30)27-34(31,32)18-5-2-1-3-6-18)16-7-9-17(10-8-16)33-14-13-25-22-23-11-4-12-24-22;1-2(4)3(5)6;3-2(4,5)1(6)7/h1-12,19,27H,13-15H2,(H,26,28)(H,29,30)(H,23,24,25);2H,4H2,1H3,(H,5,6);(H,6,7)/t19-;2-;/m00./s1. The lowest BCUT2D eigenvalue weighted by molar-refractivity contribution is -0.192. The van der Waals surface area contributed by atoms with Gasteiger partial charge in [0.15, 0.2) is 0 Å². The molecule has 0 radical (unpaired) electrons. The molecule has 0 fully saturated rings. The van der Waals surface area contributed by atoms with Crippen LogP contribution >= 0.6 is 0 Å². The first-order chi connectivity index (χ1) is 21.9. The molecule has 8 N–H and O–H groups in total. The van der Waals surface area contributed by atoms with Crippen molar-refractivity contribution in [1.29, 1.82) is 0 Å². The molecule has 1 aromatic heterocycles. The number of aliphatic carboxylic acids is 3. The number of rotatable bonds is 13. The van der Waals surface area contributed by atoms with E-state index in [1.54, 1.807) is 36.7 Å². The maximum Gasteiger partial charge on any atom is 0.490 e. The second-order valence-corrected chi connectivity index (χ2v) is 10.6. The van der Waals surface area contributed by atoms with E-state index in [1.807, 2.05) is 0 Å². The quantitative estimate of drug-likeness (QED) is 0.124. The number of halogens is 3. The average molecular weight is 689 g/mol. The largest absolute Gasteiger partial charge is 0.492 e. The summed E-state index contributed by atoms with van der Waals surface area (Å²) in [5.74, 6) is -4.67. The molecule has 1 amide bonds. The Bertz CT molecular complexity index is 1550. The molecule has 20 heteroatoms. The summed E-state index contributed by atoms with van der Waals surface area (Å²) in [4.78, 5) is 50.4. The normalized spacial score (nSPS) is 12.0. The van der Waals surface area contributed by atoms with Crippen molar-refractivity contribution < 1.29 is 60.8 Å². The van der Waals surface area contributed by atoms with E-state index >= 15 is 0 Å². The van der Waals surface area contributed by atoms with Crippen LogP contribution in [0.4, 0.5) is 19.1 Å². The molecule has 3 rings (SSSR count). The fourth-order valence-corrected chi connectivity index (χ4v) is 3.97. The number of carbonyl (C=O) groups excluding carboxylic acids is 1. The van der Waals surface area contributed by atoms with Crippen LogP contribution in [0.15, 0.2) is 78.0 Å². The zero-order chi connectivity index (χ0) is 35.6. The minimum absolute atomic E-state index is 0.0744. The van der Waals surface area contributed by atoms with Crippen molar-refractivity contribution in [3.05, 3.63) is 78.6 Å². The van der Waals surface area contributed by atoms with Gasteiger partial charge in [0.05, 0.1) is 11.4 Å². The number of nitrogens with zero attached hydrogens (tertiary/aromatic N) is 2. The van der Waals surface area contributed by atoms with Gasteiger partial charge < -0.3 is 36.4 Å². The van der Waals surface area contributed by atoms with Crippen LogP contribution in [0, 0.1) is 0 Å². The number of aromatic nitrogens is 2. The topological polar surface area (TPSA) is 260 Å². The Morgan fingerprint density at radius 2 is 1.45 bits per heavy atom. The molecule has 3 aromatic rings. The van der Waals surface area contributed by atoms with Gasteiger partial charge in [0.1, 0.15) is 24.4 Å². The Balaban J connectivity index is 0.000000715. The molecule has 16 nitrogen and oxygen atoms in total. The third-order valence-electron chi connectivity index (χ3n) is 5.08. The third-order valence-corrected chi connectivity index (χ3v) is 6.57. The summed E-state index contributed by atoms with van der Waals surface area (Å²) < 4.78 is 64.2. The van der Waals surface area contributed by atoms with E-state index < -0.39 is 58.6 Å². The number of alkyl halides is 3. The van der Waals surface area contributed by atoms with Crippen LogP contribution < -0.4 is 25.8 Å². The van der Waals surface area contributed by atoms with Crippen LogP contribution in [-0.4, -0.2) is 95.5 Å². The monoisotopic (exact) mass is 688 g/mol. The lowest BCUT2D eigenvalue weighted by atomic mass is 10.2. The molecular formula is C27H31F3N6O10S. The lowest BCUT2D eigenvalue weighted by Gasteiger charge is -2.16. The average Bonchev–Trinajstić information content (AvgIpc) is 3.02. The molecule has 2 atom stereocenters. The number of nitrogens with one attached hydrogen (secondary N) is 3. The van der Waals surface area contributed by atoms with Crippen LogP contribution in [-0.2, 0) is 24.4 Å². The maximum atomic E-state index is 12.4. The van der Waals surface area contributed by atoms with Crippen LogP contribution in [0.1, 0.15) is 17.3 Å². The number of carboxylic acid groups (broad SMARTS) is 3. The molecule has 0 aliphatic heterocycles. The Morgan fingerprint density at radius 1 is 0.915 bits per heavy atom. The van der Waals surface area contributed by atoms with Crippen molar-refractivity contribution in [2.24, 2.45) is 5.73 Å². The predicted molar refractivity (Wildman–Crippen MR) is 158 cm³/mol. The number of ether oxygens (including phenoxy) is 1. The first-order valence-electron chi connectivity index (χ1n) is 13.0. The highest BCUT2D eigenvalue weighted by atomic mass is 32.2. The van der Waals surface area contributed by atoms with Crippen LogP contribution in [0.25, 0.3) is 0 Å². The van der Waals surface area contributed by atoms with Crippen molar-refractivity contribution in [1.82, 2.24) is 20.0 Å². The molecular weight excluding hydrogens is 657 g/mol. The SMILES string of the molecule is C[C@H](N)C(=O)O.O=C(NC[C@H](NS(=O)(=O)c1ccccc1)C(=O)O)c1ccc(OCCNc2ncccn2)cc1.O=C(O)C(F)(F)F. The van der Waals surface area contributed by atoms with Gasteiger partial charge in [-0.15, -0.1) is 0 Å². The van der Waals surface area contributed by atoms with E-state index in [2.05, 4.69) is 25.3 Å². The summed E-state index contributed by atoms with van der Waals surface area (Å²) >= 11 is 0. The highest BCUT2D eigenvalue weighted by Gasteiger charge is 2.38. The second-order valence-electron chi connectivity index (χ2n) is 8.84. The molecule has 2 aromatic carbocycles. The highest BCUT2D eigenvalue weighted by molar-refractivity contribution is 7.89. The minimum Gasteiger partial charge on any atom is -0.492 e. The van der Waals surface area contributed by atoms with Crippen LogP contribution in [0.2, 0.25) is 0 Å². The lowest BCUT2D eigenvalue weighted by Crippen LogP contribution is -2.48. The molecule has 256 valence electrons. The maximum absolute atomic E-state index is 12.4. The van der Waals surface area contributed by atoms with Crippen LogP contribution in [0.3, 0.4) is 0 Å². The summed E-state index contributed by atoms with van der Waals surface area (Å²) in [6.07, 6.45) is -1.84. The first-order valence-corrected chi connectivity index (χ1v) is 14.5. The molecule has 47 heavy (non-hydrogen) atoms. The number of amides is 1. The number of nitrogens with two attached hydrogens (primary N) is 1. The van der Waals surface area contributed by atoms with Crippen molar-refractivity contribution in [3.8, 4) is 5.75 Å². The van der Waals surface area contributed by atoms with E-state index in [-0.39, 0.29) is 10.5 Å². The van der Waals surface area contributed by atoms with Crippen LogP contribution in [0.5, 0.6) is 5.75 Å². The number of benzene rings is 2. The number of sulfonamides is 1. The molecule has 0 aliphatic rings. The molecule has 0 saturated heterocycles. The minimum atomic E-state index is -5.08. The predicted octanol–water partition coefficient (Wildman–Crippen LogP) is 1.18. The van der Waals surface area contributed by atoms with Gasteiger partial charge in [-0.2, -0.15) is 17.9 Å². The molecule has 1 heterocycles. The summed E-state index contributed by atoms with van der Waals surface area (Å²) in [6, 6.07) is 13.0. The van der Waals surface area contributed by atoms with E-state index in [1.165, 1.54) is 43.3 Å². The van der Waals surface area contributed by atoms with E-state index in [9.17, 15) is 41.1 Å². The Kier molecular flexibility index (Phi) is 16.2. The molecule has 0 saturated carbocycles. The fourth-order valence-electron chi connectivity index (χ4n) is 2.76. The Morgan fingerprint density at radius 3 is 1.91 bits per heavy atom. The van der Waals surface area contributed by atoms with Crippen molar-refractivity contribution >= 4 is 39.8 Å². The zero-order valence-corrected chi connectivity index (χ0v) is 25.2. The number of hydrogen-bond acceptors (Lipinski definition) is 11. The Labute approximate surface area is 265 Å². The van der Waals surface area contributed by atoms with Gasteiger partial charge in [-0.05, 0) is 49.4 Å². The van der Waals surface area contributed by atoms with E-state index in [0.717, 1.165) is 0 Å². The Hall–Kier alpha value is -5.34. The number of hydrogen-bond donors (Lipinski definition) is 7. The number of carboxylic acids is 3. The summed E-state index contributed by atoms with van der Waals surface area (Å²) in [5, 5.41) is 29.8. The highest BCUT2D eigenvalue weighted by Crippen LogP contribution is 2.14. The summed E-state index contributed by atoms with van der Waals surface area (Å²) in [7, 11) is -4.06. The molecule has 0 aliphatic carbocycles. The van der Waals surface area contributed by atoms with Gasteiger partial charge in [-0.3, -0.25) is 14.4 Å². The summed E-state index contributed by atoms with van der Waals surface area (Å²) in [6.45, 7) is 1.79. The molecule has 0 unspecified atom stereocenters. The smallest absolute Gasteiger partial charge is 0.490 e. The first kappa shape index (κ1) is 39.7. The molecule has 0 bridgehead atoms.